The maximum absolute atomic E-state index is 12.5. The lowest BCUT2D eigenvalue weighted by Gasteiger charge is -2.19. The monoisotopic (exact) mass is 300 g/mol. The first-order valence-corrected chi connectivity index (χ1v) is 6.87. The molecule has 0 atom stereocenters. The third-order valence-electron chi connectivity index (χ3n) is 3.36. The Morgan fingerprint density at radius 3 is 2.41 bits per heavy atom. The van der Waals surface area contributed by atoms with Crippen molar-refractivity contribution >= 4 is 11.6 Å². The van der Waals surface area contributed by atoms with Gasteiger partial charge in [-0.25, -0.2) is 0 Å². The highest BCUT2D eigenvalue weighted by Gasteiger charge is 2.17. The average Bonchev–Trinajstić information content (AvgIpc) is 2.54. The lowest BCUT2D eigenvalue weighted by atomic mass is 10.1. The molecule has 116 valence electrons. The Morgan fingerprint density at radius 1 is 1.14 bits per heavy atom. The van der Waals surface area contributed by atoms with E-state index < -0.39 is 0 Å². The molecule has 5 heteroatoms. The van der Waals surface area contributed by atoms with E-state index in [0.717, 1.165) is 5.56 Å². The molecule has 2 aromatic carbocycles. The van der Waals surface area contributed by atoms with Crippen molar-refractivity contribution in [2.75, 3.05) is 27.0 Å². The van der Waals surface area contributed by atoms with Gasteiger partial charge in [0, 0.05) is 19.2 Å². The zero-order valence-electron chi connectivity index (χ0n) is 13.0. The molecular weight excluding hydrogens is 280 g/mol. The summed E-state index contributed by atoms with van der Waals surface area (Å²) in [5.74, 6) is 0.750. The molecule has 0 heterocycles. The first-order chi connectivity index (χ1) is 10.6. The van der Waals surface area contributed by atoms with Crippen molar-refractivity contribution in [2.45, 2.75) is 6.54 Å². The van der Waals surface area contributed by atoms with Gasteiger partial charge < -0.3 is 20.1 Å². The van der Waals surface area contributed by atoms with Crippen LogP contribution in [0.2, 0.25) is 0 Å². The maximum atomic E-state index is 12.5. The minimum Gasteiger partial charge on any atom is -0.493 e. The smallest absolute Gasteiger partial charge is 0.254 e. The van der Waals surface area contributed by atoms with E-state index >= 15 is 0 Å². The summed E-state index contributed by atoms with van der Waals surface area (Å²) in [7, 11) is 4.78. The first kappa shape index (κ1) is 15.7. The Bertz CT molecular complexity index is 656. The number of nitrogen functional groups attached to an aromatic ring is 1. The van der Waals surface area contributed by atoms with Crippen molar-refractivity contribution in [2.24, 2.45) is 0 Å². The summed E-state index contributed by atoms with van der Waals surface area (Å²) in [5, 5.41) is 0. The summed E-state index contributed by atoms with van der Waals surface area (Å²) < 4.78 is 10.4. The zero-order chi connectivity index (χ0) is 16.1. The second kappa shape index (κ2) is 6.85. The molecular formula is C17H20N2O3. The van der Waals surface area contributed by atoms with E-state index in [-0.39, 0.29) is 5.91 Å². The molecule has 0 saturated carbocycles. The van der Waals surface area contributed by atoms with Crippen molar-refractivity contribution in [3.8, 4) is 11.5 Å². The third-order valence-corrected chi connectivity index (χ3v) is 3.36. The van der Waals surface area contributed by atoms with Crippen molar-refractivity contribution in [3.63, 3.8) is 0 Å². The van der Waals surface area contributed by atoms with Gasteiger partial charge in [0.15, 0.2) is 11.5 Å². The number of carbonyl (C=O) groups excluding carboxylic acids is 1. The number of nitrogens with zero attached hydrogens (tertiary/aromatic N) is 1. The lowest BCUT2D eigenvalue weighted by Crippen LogP contribution is -2.26. The Balaban J connectivity index is 2.23. The maximum Gasteiger partial charge on any atom is 0.254 e. The SMILES string of the molecule is COc1cc(C(=O)N(C)Cc2ccccc2)cc(N)c1OC. The first-order valence-electron chi connectivity index (χ1n) is 6.87. The van der Waals surface area contributed by atoms with E-state index in [1.54, 1.807) is 24.1 Å². The highest BCUT2D eigenvalue weighted by molar-refractivity contribution is 5.96. The van der Waals surface area contributed by atoms with Crippen LogP contribution >= 0.6 is 0 Å². The highest BCUT2D eigenvalue weighted by atomic mass is 16.5. The highest BCUT2D eigenvalue weighted by Crippen LogP contribution is 2.34. The van der Waals surface area contributed by atoms with Gasteiger partial charge in [-0.1, -0.05) is 30.3 Å². The Kier molecular flexibility index (Phi) is 4.88. The summed E-state index contributed by atoms with van der Waals surface area (Å²) in [6, 6.07) is 13.0. The van der Waals surface area contributed by atoms with Crippen LogP contribution in [0, 0.1) is 0 Å². The summed E-state index contributed by atoms with van der Waals surface area (Å²) in [6.07, 6.45) is 0. The molecule has 0 aliphatic carbocycles. The molecule has 0 bridgehead atoms. The van der Waals surface area contributed by atoms with Gasteiger partial charge in [0.25, 0.3) is 5.91 Å². The van der Waals surface area contributed by atoms with Gasteiger partial charge >= 0.3 is 0 Å². The second-order valence-corrected chi connectivity index (χ2v) is 4.95. The van der Waals surface area contributed by atoms with Crippen molar-refractivity contribution in [1.29, 1.82) is 0 Å². The number of methoxy groups -OCH3 is 2. The van der Waals surface area contributed by atoms with Crippen LogP contribution < -0.4 is 15.2 Å². The zero-order valence-corrected chi connectivity index (χ0v) is 13.0. The van der Waals surface area contributed by atoms with Gasteiger partial charge in [-0.3, -0.25) is 4.79 Å². The summed E-state index contributed by atoms with van der Waals surface area (Å²) >= 11 is 0. The van der Waals surface area contributed by atoms with Crippen LogP contribution in [-0.2, 0) is 6.54 Å². The molecule has 0 fully saturated rings. The molecule has 0 unspecified atom stereocenters. The molecule has 5 nitrogen and oxygen atoms in total. The van der Waals surface area contributed by atoms with Crippen LogP contribution in [0.25, 0.3) is 0 Å². The lowest BCUT2D eigenvalue weighted by molar-refractivity contribution is 0.0784. The fraction of sp³-hybridized carbons (Fsp3) is 0.235. The number of rotatable bonds is 5. The predicted octanol–water partition coefficient (Wildman–Crippen LogP) is 2.56. The fourth-order valence-corrected chi connectivity index (χ4v) is 2.27. The van der Waals surface area contributed by atoms with Gasteiger partial charge in [-0.2, -0.15) is 0 Å². The Labute approximate surface area is 130 Å². The molecule has 0 aliphatic rings. The number of hydrogen-bond acceptors (Lipinski definition) is 4. The second-order valence-electron chi connectivity index (χ2n) is 4.95. The van der Waals surface area contributed by atoms with Crippen LogP contribution in [0.5, 0.6) is 11.5 Å². The van der Waals surface area contributed by atoms with Crippen LogP contribution in [0.1, 0.15) is 15.9 Å². The van der Waals surface area contributed by atoms with Crippen LogP contribution in [0.4, 0.5) is 5.69 Å². The van der Waals surface area contributed by atoms with Crippen molar-refractivity contribution in [1.82, 2.24) is 4.90 Å². The average molecular weight is 300 g/mol. The molecule has 2 aromatic rings. The number of hydrogen-bond donors (Lipinski definition) is 1. The number of nitrogens with two attached hydrogens (primary N) is 1. The third kappa shape index (κ3) is 3.31. The number of anilines is 1. The molecule has 2 rings (SSSR count). The van der Waals surface area contributed by atoms with Crippen molar-refractivity contribution in [3.05, 3.63) is 53.6 Å². The van der Waals surface area contributed by atoms with E-state index in [4.69, 9.17) is 15.2 Å². The number of amides is 1. The minimum absolute atomic E-state index is 0.128. The minimum atomic E-state index is -0.128. The standard InChI is InChI=1S/C17H20N2O3/c1-19(11-12-7-5-4-6-8-12)17(20)13-9-14(18)16(22-3)15(10-13)21-2/h4-10H,11,18H2,1-3H3. The summed E-state index contributed by atoms with van der Waals surface area (Å²) in [4.78, 5) is 14.2. The van der Waals surface area contributed by atoms with E-state index in [0.29, 0.717) is 29.3 Å². The number of benzene rings is 2. The van der Waals surface area contributed by atoms with E-state index in [9.17, 15) is 4.79 Å². The van der Waals surface area contributed by atoms with Crippen LogP contribution in [0.15, 0.2) is 42.5 Å². The quantitative estimate of drug-likeness (QED) is 0.862. The molecule has 0 spiro atoms. The van der Waals surface area contributed by atoms with Gasteiger partial charge in [-0.15, -0.1) is 0 Å². The fourth-order valence-electron chi connectivity index (χ4n) is 2.27. The van der Waals surface area contributed by atoms with E-state index in [1.807, 2.05) is 30.3 Å². The molecule has 0 aliphatic heterocycles. The van der Waals surface area contributed by atoms with E-state index in [1.165, 1.54) is 14.2 Å². The largest absolute Gasteiger partial charge is 0.493 e. The molecule has 0 aromatic heterocycles. The van der Waals surface area contributed by atoms with Crippen molar-refractivity contribution < 1.29 is 14.3 Å². The van der Waals surface area contributed by atoms with Crippen LogP contribution in [0.3, 0.4) is 0 Å². The van der Waals surface area contributed by atoms with Gasteiger partial charge in [0.2, 0.25) is 0 Å². The van der Waals surface area contributed by atoms with Gasteiger partial charge in [0.05, 0.1) is 19.9 Å². The normalized spacial score (nSPS) is 10.1. The molecule has 2 N–H and O–H groups in total. The molecule has 0 radical (unpaired) electrons. The molecule has 1 amide bonds. The topological polar surface area (TPSA) is 64.8 Å². The summed E-state index contributed by atoms with van der Waals surface area (Å²) in [5.41, 5.74) is 7.82. The molecule has 22 heavy (non-hydrogen) atoms. The van der Waals surface area contributed by atoms with Gasteiger partial charge in [0.1, 0.15) is 0 Å². The molecule has 0 saturated heterocycles. The van der Waals surface area contributed by atoms with Crippen LogP contribution in [-0.4, -0.2) is 32.1 Å². The Morgan fingerprint density at radius 2 is 1.82 bits per heavy atom. The Hall–Kier alpha value is -2.69. The van der Waals surface area contributed by atoms with E-state index in [2.05, 4.69) is 0 Å². The predicted molar refractivity (Wildman–Crippen MR) is 86.2 cm³/mol. The van der Waals surface area contributed by atoms with Gasteiger partial charge in [-0.05, 0) is 17.7 Å². The number of carbonyl (C=O) groups is 1. The summed E-state index contributed by atoms with van der Waals surface area (Å²) in [6.45, 7) is 0.522. The number of ether oxygens (including phenoxy) is 2.